The molecule has 0 radical (unpaired) electrons. The molecule has 1 aliphatic rings. The quantitative estimate of drug-likeness (QED) is 0.309. The van der Waals surface area contributed by atoms with E-state index in [2.05, 4.69) is 47.8 Å². The van der Waals surface area contributed by atoms with Gasteiger partial charge in [0.15, 0.2) is 11.7 Å². The fraction of sp³-hybridized carbons (Fsp3) is 0.0526. The van der Waals surface area contributed by atoms with Gasteiger partial charge in [0.05, 0.1) is 4.47 Å². The van der Waals surface area contributed by atoms with Crippen molar-refractivity contribution in [3.63, 3.8) is 0 Å². The lowest BCUT2D eigenvalue weighted by atomic mass is 10.1. The fourth-order valence-electron chi connectivity index (χ4n) is 2.46. The van der Waals surface area contributed by atoms with Crippen LogP contribution in [0.15, 0.2) is 57.0 Å². The second-order valence-corrected chi connectivity index (χ2v) is 7.98. The molecule has 29 heavy (non-hydrogen) atoms. The normalized spacial score (nSPS) is 13.4. The number of para-hydroxylation sites is 1. The van der Waals surface area contributed by atoms with Crippen LogP contribution < -0.4 is 20.7 Å². The number of thiocarbonyl (C=S) groups is 1. The van der Waals surface area contributed by atoms with Gasteiger partial charge in [-0.1, -0.05) is 34.1 Å². The Bertz CT molecular complexity index is 1020. The summed E-state index contributed by atoms with van der Waals surface area (Å²) in [4.78, 5) is 36.4. The zero-order valence-corrected chi connectivity index (χ0v) is 18.6. The van der Waals surface area contributed by atoms with Crippen LogP contribution in [0.5, 0.6) is 5.75 Å². The highest BCUT2D eigenvalue weighted by atomic mass is 79.9. The number of ether oxygens (including phenoxy) is 1. The number of amides is 3. The van der Waals surface area contributed by atoms with Crippen molar-refractivity contribution in [2.45, 2.75) is 0 Å². The van der Waals surface area contributed by atoms with Crippen LogP contribution in [-0.4, -0.2) is 29.4 Å². The van der Waals surface area contributed by atoms with E-state index in [9.17, 15) is 14.4 Å². The Kier molecular flexibility index (Phi) is 6.78. The number of nitrogens with one attached hydrogen (secondary N) is 3. The molecule has 0 saturated carbocycles. The maximum absolute atomic E-state index is 12.2. The van der Waals surface area contributed by atoms with Gasteiger partial charge in [-0.25, -0.2) is 0 Å². The van der Waals surface area contributed by atoms with Gasteiger partial charge in [-0.3, -0.25) is 25.0 Å². The molecule has 0 bridgehead atoms. The maximum atomic E-state index is 12.2. The lowest BCUT2D eigenvalue weighted by molar-refractivity contribution is -0.123. The number of halogens is 2. The molecule has 0 aromatic heterocycles. The number of rotatable bonds is 5. The van der Waals surface area contributed by atoms with Crippen LogP contribution in [0.1, 0.15) is 5.56 Å². The van der Waals surface area contributed by atoms with Gasteiger partial charge >= 0.3 is 0 Å². The average Bonchev–Trinajstić information content (AvgIpc) is 2.64. The van der Waals surface area contributed by atoms with Gasteiger partial charge in [0.25, 0.3) is 17.7 Å². The Morgan fingerprint density at radius 2 is 1.76 bits per heavy atom. The molecule has 10 heteroatoms. The summed E-state index contributed by atoms with van der Waals surface area (Å²) < 4.78 is 6.90. The molecule has 148 valence electrons. The Morgan fingerprint density at radius 1 is 1.10 bits per heavy atom. The first-order valence-corrected chi connectivity index (χ1v) is 10.2. The molecule has 3 amide bonds. The van der Waals surface area contributed by atoms with Crippen LogP contribution in [0.3, 0.4) is 0 Å². The first-order valence-electron chi connectivity index (χ1n) is 8.18. The van der Waals surface area contributed by atoms with E-state index in [1.54, 1.807) is 36.4 Å². The summed E-state index contributed by atoms with van der Waals surface area (Å²) in [7, 11) is 0. The minimum Gasteiger partial charge on any atom is -0.482 e. The molecule has 2 aromatic carbocycles. The molecule has 0 unspecified atom stereocenters. The second-order valence-electron chi connectivity index (χ2n) is 5.80. The molecule has 3 rings (SSSR count). The Hall–Kier alpha value is -2.56. The Morgan fingerprint density at radius 3 is 2.41 bits per heavy atom. The van der Waals surface area contributed by atoms with Gasteiger partial charge in [-0.15, -0.1) is 0 Å². The average molecular weight is 539 g/mol. The van der Waals surface area contributed by atoms with Crippen molar-refractivity contribution in [1.29, 1.82) is 0 Å². The molecule has 1 saturated heterocycles. The number of hydrogen-bond acceptors (Lipinski definition) is 5. The summed E-state index contributed by atoms with van der Waals surface area (Å²) in [5.74, 6) is -1.30. The van der Waals surface area contributed by atoms with Crippen molar-refractivity contribution in [2.24, 2.45) is 0 Å². The Balaban J connectivity index is 1.83. The van der Waals surface area contributed by atoms with E-state index >= 15 is 0 Å². The molecule has 0 atom stereocenters. The van der Waals surface area contributed by atoms with Crippen LogP contribution >= 0.6 is 44.1 Å². The van der Waals surface area contributed by atoms with E-state index in [1.165, 1.54) is 6.08 Å². The predicted octanol–water partition coefficient (Wildman–Crippen LogP) is 3.14. The number of carbonyl (C=O) groups is 3. The number of carbonyl (C=O) groups excluding carboxylic acids is 3. The summed E-state index contributed by atoms with van der Waals surface area (Å²) >= 11 is 11.5. The van der Waals surface area contributed by atoms with Crippen molar-refractivity contribution in [1.82, 2.24) is 10.6 Å². The molecule has 1 fully saturated rings. The van der Waals surface area contributed by atoms with Crippen LogP contribution in [0.2, 0.25) is 0 Å². The molecule has 0 aliphatic carbocycles. The lowest BCUT2D eigenvalue weighted by Crippen LogP contribution is -2.51. The van der Waals surface area contributed by atoms with Gasteiger partial charge in [-0.2, -0.15) is 0 Å². The number of hydrogen-bond donors (Lipinski definition) is 3. The molecule has 7 nitrogen and oxygen atoms in total. The first kappa shape index (κ1) is 21.2. The second kappa shape index (κ2) is 9.29. The van der Waals surface area contributed by atoms with E-state index in [1.807, 2.05) is 6.07 Å². The highest BCUT2D eigenvalue weighted by Gasteiger charge is 2.26. The molecular formula is C19H13Br2N3O4S. The van der Waals surface area contributed by atoms with Crippen molar-refractivity contribution in [2.75, 3.05) is 11.9 Å². The molecule has 1 heterocycles. The van der Waals surface area contributed by atoms with Crippen LogP contribution in [0.25, 0.3) is 6.08 Å². The number of anilines is 1. The summed E-state index contributed by atoms with van der Waals surface area (Å²) in [6.45, 7) is -0.270. The predicted molar refractivity (Wildman–Crippen MR) is 119 cm³/mol. The van der Waals surface area contributed by atoms with E-state index in [4.69, 9.17) is 17.0 Å². The fourth-order valence-corrected chi connectivity index (χ4v) is 4.02. The highest BCUT2D eigenvalue weighted by Crippen LogP contribution is 2.34. The third kappa shape index (κ3) is 5.49. The lowest BCUT2D eigenvalue weighted by Gasteiger charge is -2.17. The largest absolute Gasteiger partial charge is 0.482 e. The minimum absolute atomic E-state index is 0.0540. The van der Waals surface area contributed by atoms with E-state index in [0.29, 0.717) is 25.9 Å². The van der Waals surface area contributed by atoms with Crippen molar-refractivity contribution in [3.05, 3.63) is 62.5 Å². The van der Waals surface area contributed by atoms with E-state index < -0.39 is 11.8 Å². The van der Waals surface area contributed by atoms with Gasteiger partial charge in [-0.05, 0) is 58.5 Å². The van der Waals surface area contributed by atoms with Crippen LogP contribution in [0, 0.1) is 0 Å². The van der Waals surface area contributed by atoms with Gasteiger partial charge in [0, 0.05) is 15.7 Å². The maximum Gasteiger partial charge on any atom is 0.263 e. The van der Waals surface area contributed by atoms with Gasteiger partial charge < -0.3 is 10.1 Å². The van der Waals surface area contributed by atoms with Crippen LogP contribution in [0.4, 0.5) is 5.69 Å². The Labute approximate surface area is 188 Å². The third-order valence-corrected chi connectivity index (χ3v) is 4.94. The SMILES string of the molecule is O=C(COc1c(Br)cc(Br)cc1C=C1C(=O)NC(=S)NC1=O)Nc1ccccc1. The summed E-state index contributed by atoms with van der Waals surface area (Å²) in [5.41, 5.74) is 0.930. The van der Waals surface area contributed by atoms with Crippen LogP contribution in [-0.2, 0) is 14.4 Å². The van der Waals surface area contributed by atoms with E-state index in [-0.39, 0.29) is 23.2 Å². The van der Waals surface area contributed by atoms with Gasteiger partial charge in [0.1, 0.15) is 11.3 Å². The first-order chi connectivity index (χ1) is 13.8. The van der Waals surface area contributed by atoms with E-state index in [0.717, 1.165) is 0 Å². The molecule has 0 spiro atoms. The number of benzene rings is 2. The van der Waals surface area contributed by atoms with Crippen molar-refractivity contribution >= 4 is 78.7 Å². The minimum atomic E-state index is -0.623. The third-order valence-electron chi connectivity index (χ3n) is 3.69. The highest BCUT2D eigenvalue weighted by molar-refractivity contribution is 9.11. The smallest absolute Gasteiger partial charge is 0.263 e. The zero-order valence-electron chi connectivity index (χ0n) is 14.6. The molecule has 3 N–H and O–H groups in total. The monoisotopic (exact) mass is 537 g/mol. The van der Waals surface area contributed by atoms with Crippen molar-refractivity contribution in [3.8, 4) is 5.75 Å². The zero-order chi connectivity index (χ0) is 21.0. The van der Waals surface area contributed by atoms with Gasteiger partial charge in [0.2, 0.25) is 0 Å². The summed E-state index contributed by atoms with van der Waals surface area (Å²) in [5, 5.41) is 7.40. The summed E-state index contributed by atoms with van der Waals surface area (Å²) in [6.07, 6.45) is 1.37. The molecule has 2 aromatic rings. The standard InChI is InChI=1S/C19H13Br2N3O4S/c20-11-6-10(7-13-17(26)23-19(29)24-18(13)27)16(14(21)8-11)28-9-15(25)22-12-4-2-1-3-5-12/h1-8H,9H2,(H,22,25)(H2,23,24,26,27,29). The van der Waals surface area contributed by atoms with Crippen molar-refractivity contribution < 1.29 is 19.1 Å². The topological polar surface area (TPSA) is 96.5 Å². The molecular weight excluding hydrogens is 526 g/mol. The molecule has 1 aliphatic heterocycles. The summed E-state index contributed by atoms with van der Waals surface area (Å²) in [6, 6.07) is 12.4.